The Labute approximate surface area is 104 Å². The Balaban J connectivity index is 2.01. The van der Waals surface area contributed by atoms with Crippen LogP contribution in [0.5, 0.6) is 5.75 Å². The molecule has 2 atom stereocenters. The monoisotopic (exact) mass is 233 g/mol. The number of ether oxygens (including phenoxy) is 1. The van der Waals surface area contributed by atoms with Crippen molar-refractivity contribution in [1.82, 2.24) is 0 Å². The van der Waals surface area contributed by atoms with E-state index in [1.807, 2.05) is 12.1 Å². The van der Waals surface area contributed by atoms with Crippen LogP contribution in [0.2, 0.25) is 0 Å². The summed E-state index contributed by atoms with van der Waals surface area (Å²) >= 11 is 0. The molecule has 1 N–H and O–H groups in total. The van der Waals surface area contributed by atoms with Gasteiger partial charge in [-0.3, -0.25) is 0 Å². The highest BCUT2D eigenvalue weighted by molar-refractivity contribution is 5.47. The number of hydrogen-bond acceptors (Lipinski definition) is 2. The Kier molecular flexibility index (Phi) is 3.32. The number of nitrogens with one attached hydrogen (secondary N) is 1. The number of rotatable bonds is 3. The largest absolute Gasteiger partial charge is 0.497 e. The molecule has 0 aliphatic heterocycles. The summed E-state index contributed by atoms with van der Waals surface area (Å²) in [4.78, 5) is 0. The van der Waals surface area contributed by atoms with Gasteiger partial charge in [-0.25, -0.2) is 0 Å². The highest BCUT2D eigenvalue weighted by atomic mass is 16.5. The Morgan fingerprint density at radius 2 is 1.82 bits per heavy atom. The van der Waals surface area contributed by atoms with Crippen LogP contribution in [0, 0.1) is 11.3 Å². The number of hydrogen-bond donors (Lipinski definition) is 1. The molecule has 0 aromatic heterocycles. The van der Waals surface area contributed by atoms with Crippen molar-refractivity contribution in [3.63, 3.8) is 0 Å². The van der Waals surface area contributed by atoms with Gasteiger partial charge in [0.05, 0.1) is 7.11 Å². The van der Waals surface area contributed by atoms with E-state index < -0.39 is 0 Å². The van der Waals surface area contributed by atoms with E-state index in [2.05, 4.69) is 38.2 Å². The first-order valence-corrected chi connectivity index (χ1v) is 6.41. The Bertz CT molecular complexity index is 369. The van der Waals surface area contributed by atoms with E-state index in [9.17, 15) is 0 Å². The molecule has 0 heterocycles. The lowest BCUT2D eigenvalue weighted by atomic mass is 9.91. The van der Waals surface area contributed by atoms with Crippen molar-refractivity contribution in [2.24, 2.45) is 11.3 Å². The first-order chi connectivity index (χ1) is 8.00. The summed E-state index contributed by atoms with van der Waals surface area (Å²) < 4.78 is 5.17. The summed E-state index contributed by atoms with van der Waals surface area (Å²) in [7, 11) is 1.70. The van der Waals surface area contributed by atoms with Gasteiger partial charge in [0, 0.05) is 11.7 Å². The molecule has 1 aliphatic rings. The van der Waals surface area contributed by atoms with Crippen LogP contribution >= 0.6 is 0 Å². The van der Waals surface area contributed by atoms with Crippen LogP contribution < -0.4 is 10.1 Å². The highest BCUT2D eigenvalue weighted by Gasteiger charge is 2.36. The third-order valence-corrected chi connectivity index (χ3v) is 3.78. The van der Waals surface area contributed by atoms with Crippen molar-refractivity contribution >= 4 is 5.69 Å². The van der Waals surface area contributed by atoms with Crippen molar-refractivity contribution < 1.29 is 4.74 Å². The fourth-order valence-electron chi connectivity index (χ4n) is 2.99. The lowest BCUT2D eigenvalue weighted by Crippen LogP contribution is -2.22. The molecule has 2 heteroatoms. The molecule has 1 aromatic carbocycles. The fraction of sp³-hybridized carbons (Fsp3) is 0.600. The van der Waals surface area contributed by atoms with Crippen molar-refractivity contribution in [2.45, 2.75) is 39.7 Å². The number of anilines is 1. The Morgan fingerprint density at radius 3 is 2.29 bits per heavy atom. The maximum Gasteiger partial charge on any atom is 0.119 e. The van der Waals surface area contributed by atoms with Crippen molar-refractivity contribution in [3.05, 3.63) is 24.3 Å². The van der Waals surface area contributed by atoms with Gasteiger partial charge in [-0.1, -0.05) is 20.8 Å². The van der Waals surface area contributed by atoms with Crippen molar-refractivity contribution in [2.75, 3.05) is 12.4 Å². The highest BCUT2D eigenvalue weighted by Crippen LogP contribution is 2.42. The molecule has 1 aromatic rings. The topological polar surface area (TPSA) is 21.3 Å². The van der Waals surface area contributed by atoms with Crippen LogP contribution in [0.25, 0.3) is 0 Å². The smallest absolute Gasteiger partial charge is 0.119 e. The molecule has 1 saturated carbocycles. The Hall–Kier alpha value is -1.18. The van der Waals surface area contributed by atoms with Gasteiger partial charge < -0.3 is 10.1 Å². The third kappa shape index (κ3) is 2.93. The molecule has 0 spiro atoms. The summed E-state index contributed by atoms with van der Waals surface area (Å²) in [5.74, 6) is 1.66. The first kappa shape index (κ1) is 12.3. The van der Waals surface area contributed by atoms with Crippen LogP contribution in [-0.2, 0) is 0 Å². The lowest BCUT2D eigenvalue weighted by molar-refractivity contribution is 0.366. The predicted molar refractivity (Wildman–Crippen MR) is 72.6 cm³/mol. The molecule has 0 amide bonds. The van der Waals surface area contributed by atoms with Crippen LogP contribution in [0.1, 0.15) is 33.6 Å². The molecule has 94 valence electrons. The van der Waals surface area contributed by atoms with Crippen LogP contribution in [-0.4, -0.2) is 13.2 Å². The van der Waals surface area contributed by atoms with E-state index >= 15 is 0 Å². The number of benzene rings is 1. The molecular weight excluding hydrogens is 210 g/mol. The molecule has 2 rings (SSSR count). The minimum Gasteiger partial charge on any atom is -0.497 e. The van der Waals surface area contributed by atoms with E-state index in [1.54, 1.807) is 7.11 Å². The van der Waals surface area contributed by atoms with Gasteiger partial charge in [-0.05, 0) is 48.4 Å². The summed E-state index contributed by atoms with van der Waals surface area (Å²) in [6, 6.07) is 8.80. The van der Waals surface area contributed by atoms with Crippen molar-refractivity contribution in [1.29, 1.82) is 0 Å². The molecule has 1 aliphatic carbocycles. The van der Waals surface area contributed by atoms with Crippen LogP contribution in [0.3, 0.4) is 0 Å². The second kappa shape index (κ2) is 4.59. The minimum atomic E-state index is 0.476. The van der Waals surface area contributed by atoms with E-state index in [0.717, 1.165) is 11.7 Å². The van der Waals surface area contributed by atoms with Gasteiger partial charge in [0.25, 0.3) is 0 Å². The standard InChI is InChI=1S/C15H23NO/c1-11-9-15(2,3)10-14(11)16-12-5-7-13(17-4)8-6-12/h5-8,11,14,16H,9-10H2,1-4H3. The van der Waals surface area contributed by atoms with E-state index in [1.165, 1.54) is 18.5 Å². The van der Waals surface area contributed by atoms with Crippen LogP contribution in [0.4, 0.5) is 5.69 Å². The summed E-state index contributed by atoms with van der Waals surface area (Å²) in [5.41, 5.74) is 1.67. The second-order valence-corrected chi connectivity index (χ2v) is 6.03. The average molecular weight is 233 g/mol. The molecule has 0 saturated heterocycles. The molecule has 17 heavy (non-hydrogen) atoms. The summed E-state index contributed by atoms with van der Waals surface area (Å²) in [5, 5.41) is 3.64. The van der Waals surface area contributed by atoms with Gasteiger partial charge in [-0.15, -0.1) is 0 Å². The molecular formula is C15H23NO. The first-order valence-electron chi connectivity index (χ1n) is 6.41. The predicted octanol–water partition coefficient (Wildman–Crippen LogP) is 3.93. The van der Waals surface area contributed by atoms with E-state index in [4.69, 9.17) is 4.74 Å². The second-order valence-electron chi connectivity index (χ2n) is 6.03. The molecule has 0 radical (unpaired) electrons. The minimum absolute atomic E-state index is 0.476. The zero-order valence-corrected chi connectivity index (χ0v) is 11.3. The van der Waals surface area contributed by atoms with Gasteiger partial charge in [0.15, 0.2) is 0 Å². The zero-order chi connectivity index (χ0) is 12.5. The number of methoxy groups -OCH3 is 1. The van der Waals surface area contributed by atoms with Gasteiger partial charge >= 0.3 is 0 Å². The molecule has 2 unspecified atom stereocenters. The summed E-state index contributed by atoms with van der Waals surface area (Å²) in [6.07, 6.45) is 2.56. The van der Waals surface area contributed by atoms with Gasteiger partial charge in [0.2, 0.25) is 0 Å². The fourth-order valence-corrected chi connectivity index (χ4v) is 2.99. The zero-order valence-electron chi connectivity index (χ0n) is 11.3. The maximum atomic E-state index is 5.17. The van der Waals surface area contributed by atoms with E-state index in [-0.39, 0.29) is 0 Å². The lowest BCUT2D eigenvalue weighted by Gasteiger charge is -2.20. The normalized spacial score (nSPS) is 26.8. The van der Waals surface area contributed by atoms with Crippen molar-refractivity contribution in [3.8, 4) is 5.75 Å². The average Bonchev–Trinajstić information content (AvgIpc) is 2.53. The third-order valence-electron chi connectivity index (χ3n) is 3.78. The molecule has 2 nitrogen and oxygen atoms in total. The Morgan fingerprint density at radius 1 is 1.18 bits per heavy atom. The van der Waals surface area contributed by atoms with Gasteiger partial charge in [-0.2, -0.15) is 0 Å². The van der Waals surface area contributed by atoms with Crippen LogP contribution in [0.15, 0.2) is 24.3 Å². The SMILES string of the molecule is COc1ccc(NC2CC(C)(C)CC2C)cc1. The van der Waals surface area contributed by atoms with E-state index in [0.29, 0.717) is 11.5 Å². The van der Waals surface area contributed by atoms with Gasteiger partial charge in [0.1, 0.15) is 5.75 Å². The quantitative estimate of drug-likeness (QED) is 0.854. The maximum absolute atomic E-state index is 5.17. The molecule has 1 fully saturated rings. The summed E-state index contributed by atoms with van der Waals surface area (Å²) in [6.45, 7) is 7.06. The molecule has 0 bridgehead atoms.